The molecule has 1 aromatic heterocycles. The molecular weight excluding hydrogens is 160 g/mol. The van der Waals surface area contributed by atoms with Gasteiger partial charge in [0.25, 0.3) is 0 Å². The largest absolute Gasteiger partial charge is 0.241 e. The summed E-state index contributed by atoms with van der Waals surface area (Å²) in [6.45, 7) is 15.3. The summed E-state index contributed by atoms with van der Waals surface area (Å²) in [5.41, 5.74) is 3.21. The highest BCUT2D eigenvalue weighted by molar-refractivity contribution is 5.59. The second-order valence-corrected chi connectivity index (χ2v) is 2.67. The molecule has 1 rings (SSSR count). The minimum Gasteiger partial charge on any atom is -0.241 e. The maximum absolute atomic E-state index is 3.84. The van der Waals surface area contributed by atoms with Crippen LogP contribution in [0.15, 0.2) is 23.9 Å². The Hall–Kier alpha value is -1.31. The second-order valence-electron chi connectivity index (χ2n) is 2.67. The molecule has 0 bridgehead atoms. The van der Waals surface area contributed by atoms with E-state index >= 15 is 0 Å². The quantitative estimate of drug-likeness (QED) is 0.618. The van der Waals surface area contributed by atoms with E-state index in [-0.39, 0.29) is 0 Å². The molecule has 2 nitrogen and oxygen atoms in total. The van der Waals surface area contributed by atoms with Gasteiger partial charge >= 0.3 is 0 Å². The molecule has 2 heteroatoms. The first-order chi connectivity index (χ1) is 6.15. The number of hydrogen-bond acceptors (Lipinski definition) is 1. The number of hydrogen-bond donors (Lipinski definition) is 0. The average Bonchev–Trinajstić information content (AvgIpc) is 2.50. The molecule has 0 fully saturated rings. The Morgan fingerprint density at radius 3 is 2.31 bits per heavy atom. The van der Waals surface area contributed by atoms with Crippen molar-refractivity contribution < 1.29 is 0 Å². The lowest BCUT2D eigenvalue weighted by Crippen LogP contribution is -1.89. The van der Waals surface area contributed by atoms with Gasteiger partial charge in [-0.05, 0) is 31.1 Å². The molecular formula is C11H18N2. The molecule has 1 aromatic rings. The fourth-order valence-corrected chi connectivity index (χ4v) is 1.02. The first kappa shape index (κ1) is 11.7. The summed E-state index contributed by atoms with van der Waals surface area (Å²) >= 11 is 0. The molecule has 0 aliphatic rings. The third-order valence-electron chi connectivity index (χ3n) is 1.53. The third-order valence-corrected chi connectivity index (χ3v) is 1.53. The van der Waals surface area contributed by atoms with Crippen molar-refractivity contribution in [3.63, 3.8) is 0 Å². The molecule has 0 saturated carbocycles. The van der Waals surface area contributed by atoms with Gasteiger partial charge in [0.2, 0.25) is 0 Å². The molecule has 72 valence electrons. The van der Waals surface area contributed by atoms with E-state index in [4.69, 9.17) is 0 Å². The predicted octanol–water partition coefficient (Wildman–Crippen LogP) is 3.32. The molecule has 0 saturated heterocycles. The highest BCUT2D eigenvalue weighted by atomic mass is 15.3. The van der Waals surface area contributed by atoms with E-state index in [1.54, 1.807) is 4.68 Å². The van der Waals surface area contributed by atoms with E-state index in [2.05, 4.69) is 18.4 Å². The maximum Gasteiger partial charge on any atom is 0.0671 e. The van der Waals surface area contributed by atoms with Gasteiger partial charge in [-0.1, -0.05) is 20.4 Å². The lowest BCUT2D eigenvalue weighted by Gasteiger charge is -1.99. The molecule has 0 spiro atoms. The zero-order valence-electron chi connectivity index (χ0n) is 8.96. The Kier molecular flexibility index (Phi) is 4.82. The first-order valence-corrected chi connectivity index (χ1v) is 4.47. The Morgan fingerprint density at radius 1 is 1.46 bits per heavy atom. The van der Waals surface area contributed by atoms with Crippen molar-refractivity contribution in [3.05, 3.63) is 30.1 Å². The van der Waals surface area contributed by atoms with Gasteiger partial charge in [-0.25, -0.2) is 4.68 Å². The van der Waals surface area contributed by atoms with Crippen LogP contribution in [0.2, 0.25) is 0 Å². The van der Waals surface area contributed by atoms with Gasteiger partial charge in [-0.2, -0.15) is 5.10 Å². The van der Waals surface area contributed by atoms with Crippen LogP contribution in [-0.4, -0.2) is 11.4 Å². The van der Waals surface area contributed by atoms with Gasteiger partial charge in [0.1, 0.15) is 0 Å². The minimum atomic E-state index is 1.01. The van der Waals surface area contributed by atoms with Crippen LogP contribution in [0.25, 0.3) is 5.57 Å². The summed E-state index contributed by atoms with van der Waals surface area (Å²) in [4.78, 5) is 0. The normalized spacial score (nSPS) is 8.62. The van der Waals surface area contributed by atoms with Crippen LogP contribution >= 0.6 is 0 Å². The van der Waals surface area contributed by atoms with Gasteiger partial charge in [0.05, 0.1) is 5.69 Å². The zero-order valence-corrected chi connectivity index (χ0v) is 8.96. The molecule has 0 aromatic carbocycles. The summed E-state index contributed by atoms with van der Waals surface area (Å²) in [5, 5.41) is 3.82. The molecule has 1 heterocycles. The second kappa shape index (κ2) is 5.36. The van der Waals surface area contributed by atoms with Crippen molar-refractivity contribution in [3.8, 4) is 0 Å². The van der Waals surface area contributed by atoms with E-state index < -0.39 is 0 Å². The number of aryl methyl sites for hydroxylation is 1. The van der Waals surface area contributed by atoms with Crippen LogP contribution in [0.4, 0.5) is 0 Å². The van der Waals surface area contributed by atoms with Crippen LogP contribution in [0.1, 0.15) is 32.0 Å². The van der Waals surface area contributed by atoms with Crippen molar-refractivity contribution in [1.29, 1.82) is 0 Å². The third kappa shape index (κ3) is 2.90. The first-order valence-electron chi connectivity index (χ1n) is 4.47. The summed E-state index contributed by atoms with van der Waals surface area (Å²) in [6, 6.07) is 2.04. The fourth-order valence-electron chi connectivity index (χ4n) is 1.02. The predicted molar refractivity (Wildman–Crippen MR) is 60.2 cm³/mol. The Morgan fingerprint density at radius 2 is 2.00 bits per heavy atom. The molecule has 13 heavy (non-hydrogen) atoms. The van der Waals surface area contributed by atoms with Gasteiger partial charge < -0.3 is 0 Å². The topological polar surface area (TPSA) is 17.3 Å². The van der Waals surface area contributed by atoms with E-state index in [0.717, 1.165) is 11.3 Å². The number of nitrogens with zero attached hydrogens (tertiary/aromatic N) is 2. The van der Waals surface area contributed by atoms with Crippen LogP contribution < -0.4 is 0 Å². The molecule has 0 aliphatic heterocycles. The van der Waals surface area contributed by atoms with Crippen molar-refractivity contribution in [2.45, 2.75) is 27.7 Å². The molecule has 0 N–H and O–H groups in total. The van der Waals surface area contributed by atoms with E-state index in [0.29, 0.717) is 0 Å². The SMILES string of the molecule is C=Nn1cc(C)cc1C(=C)C.CC. The highest BCUT2D eigenvalue weighted by Gasteiger charge is 2.00. The summed E-state index contributed by atoms with van der Waals surface area (Å²) in [5.74, 6) is 0. The van der Waals surface area contributed by atoms with E-state index in [9.17, 15) is 0 Å². The van der Waals surface area contributed by atoms with Gasteiger partial charge in [0.15, 0.2) is 0 Å². The number of aromatic nitrogens is 1. The van der Waals surface area contributed by atoms with Crippen LogP contribution in [0, 0.1) is 6.92 Å². The van der Waals surface area contributed by atoms with Crippen LogP contribution in [-0.2, 0) is 0 Å². The van der Waals surface area contributed by atoms with Crippen molar-refractivity contribution in [1.82, 2.24) is 4.68 Å². The maximum atomic E-state index is 3.84. The van der Waals surface area contributed by atoms with Crippen LogP contribution in [0.3, 0.4) is 0 Å². The fraction of sp³-hybridized carbons (Fsp3) is 0.364. The Balaban J connectivity index is 0.000000671. The zero-order chi connectivity index (χ0) is 10.4. The van der Waals surface area contributed by atoms with E-state index in [1.165, 1.54) is 5.56 Å². The molecule has 0 radical (unpaired) electrons. The Labute approximate surface area is 80.6 Å². The van der Waals surface area contributed by atoms with Crippen molar-refractivity contribution in [2.75, 3.05) is 0 Å². The monoisotopic (exact) mass is 178 g/mol. The number of rotatable bonds is 2. The summed E-state index contributed by atoms with van der Waals surface area (Å²) in [7, 11) is 0. The smallest absolute Gasteiger partial charge is 0.0671 e. The van der Waals surface area contributed by atoms with E-state index in [1.807, 2.05) is 40.0 Å². The Bertz CT molecular complexity index is 295. The van der Waals surface area contributed by atoms with Gasteiger partial charge in [-0.15, -0.1) is 0 Å². The lowest BCUT2D eigenvalue weighted by molar-refractivity contribution is 0.879. The summed E-state index contributed by atoms with van der Waals surface area (Å²) < 4.78 is 1.73. The lowest BCUT2D eigenvalue weighted by atomic mass is 10.2. The molecule has 0 aliphatic carbocycles. The van der Waals surface area contributed by atoms with Crippen molar-refractivity contribution in [2.24, 2.45) is 5.10 Å². The molecule has 0 amide bonds. The van der Waals surface area contributed by atoms with Gasteiger partial charge in [0, 0.05) is 12.9 Å². The minimum absolute atomic E-state index is 1.01. The standard InChI is InChI=1S/C9H12N2.C2H6/c1-7(2)9-5-8(3)6-11(9)10-4;1-2/h5-6H,1,4H2,2-3H3;1-2H3. The summed E-state index contributed by atoms with van der Waals surface area (Å²) in [6.07, 6.45) is 1.93. The number of allylic oxidation sites excluding steroid dienone is 1. The molecule has 0 unspecified atom stereocenters. The van der Waals surface area contributed by atoms with Gasteiger partial charge in [-0.3, -0.25) is 0 Å². The average molecular weight is 178 g/mol. The highest BCUT2D eigenvalue weighted by Crippen LogP contribution is 2.14. The molecule has 0 atom stereocenters. The van der Waals surface area contributed by atoms with Crippen molar-refractivity contribution >= 4 is 12.3 Å². The van der Waals surface area contributed by atoms with Crippen LogP contribution in [0.5, 0.6) is 0 Å².